The zero-order valence-electron chi connectivity index (χ0n) is 10.3. The lowest BCUT2D eigenvalue weighted by Gasteiger charge is -2.30. The van der Waals surface area contributed by atoms with Crippen molar-refractivity contribution in [3.8, 4) is 11.8 Å². The van der Waals surface area contributed by atoms with E-state index in [1.54, 1.807) is 0 Å². The zero-order chi connectivity index (χ0) is 12.1. The summed E-state index contributed by atoms with van der Waals surface area (Å²) in [5, 5.41) is 0. The number of carbonyl (C=O) groups is 1. The molecule has 17 heavy (non-hydrogen) atoms. The summed E-state index contributed by atoms with van der Waals surface area (Å²) >= 11 is 0. The number of benzene rings is 1. The Morgan fingerprint density at radius 1 is 1.29 bits per heavy atom. The number of Topliss-reactive ketones (excluding diaryl/α,β-unsaturated/α-hetero) is 1. The van der Waals surface area contributed by atoms with E-state index >= 15 is 0 Å². The van der Waals surface area contributed by atoms with Crippen molar-refractivity contribution in [1.82, 2.24) is 0 Å². The summed E-state index contributed by atoms with van der Waals surface area (Å²) in [7, 11) is 0. The molecule has 1 atom stereocenters. The number of carbonyl (C=O) groups excluding carboxylic acids is 1. The Hall–Kier alpha value is -1.55. The monoisotopic (exact) mass is 226 g/mol. The van der Waals surface area contributed by atoms with Crippen LogP contribution in [0.15, 0.2) is 30.3 Å². The summed E-state index contributed by atoms with van der Waals surface area (Å²) in [6.45, 7) is 2.14. The van der Waals surface area contributed by atoms with Gasteiger partial charge in [0.15, 0.2) is 0 Å². The fourth-order valence-electron chi connectivity index (χ4n) is 2.40. The van der Waals surface area contributed by atoms with Crippen molar-refractivity contribution in [2.45, 2.75) is 39.0 Å². The Kier molecular flexibility index (Phi) is 3.64. The van der Waals surface area contributed by atoms with Crippen LogP contribution >= 0.6 is 0 Å². The molecule has 0 spiro atoms. The molecule has 0 N–H and O–H groups in total. The topological polar surface area (TPSA) is 17.1 Å². The molecule has 0 heterocycles. The Morgan fingerprint density at radius 3 is 2.71 bits per heavy atom. The Labute approximate surface area is 103 Å². The molecule has 1 aliphatic rings. The molecule has 0 amide bonds. The second-order valence-corrected chi connectivity index (χ2v) is 4.82. The first-order chi connectivity index (χ1) is 8.24. The van der Waals surface area contributed by atoms with Crippen molar-refractivity contribution >= 4 is 5.78 Å². The van der Waals surface area contributed by atoms with Gasteiger partial charge in [0.1, 0.15) is 5.78 Å². The third-order valence-electron chi connectivity index (χ3n) is 3.57. The maximum Gasteiger partial charge on any atom is 0.134 e. The van der Waals surface area contributed by atoms with E-state index in [9.17, 15) is 4.79 Å². The number of rotatable bonds is 1. The lowest BCUT2D eigenvalue weighted by molar-refractivity contribution is -0.122. The molecule has 0 aliphatic heterocycles. The second-order valence-electron chi connectivity index (χ2n) is 4.82. The molecule has 1 aliphatic carbocycles. The summed E-state index contributed by atoms with van der Waals surface area (Å²) in [5.41, 5.74) is 0.976. The van der Waals surface area contributed by atoms with E-state index in [0.29, 0.717) is 12.2 Å². The summed E-state index contributed by atoms with van der Waals surface area (Å²) in [5.74, 6) is 6.96. The average molecular weight is 226 g/mol. The highest BCUT2D eigenvalue weighted by atomic mass is 16.1. The van der Waals surface area contributed by atoms with Crippen LogP contribution in [0.4, 0.5) is 0 Å². The third kappa shape index (κ3) is 2.97. The molecule has 0 unspecified atom stereocenters. The highest BCUT2D eigenvalue weighted by Gasteiger charge is 2.32. The number of hydrogen-bond donors (Lipinski definition) is 0. The largest absolute Gasteiger partial charge is 0.300 e. The molecule has 1 aromatic rings. The van der Waals surface area contributed by atoms with Gasteiger partial charge in [0, 0.05) is 23.8 Å². The Balaban J connectivity index is 2.20. The smallest absolute Gasteiger partial charge is 0.134 e. The van der Waals surface area contributed by atoms with Crippen LogP contribution in [-0.2, 0) is 4.79 Å². The molecule has 0 radical (unpaired) electrons. The summed E-state index contributed by atoms with van der Waals surface area (Å²) < 4.78 is 0. The van der Waals surface area contributed by atoms with Gasteiger partial charge in [-0.25, -0.2) is 0 Å². The number of ketones is 1. The van der Waals surface area contributed by atoms with Crippen LogP contribution in [0.2, 0.25) is 0 Å². The summed E-state index contributed by atoms with van der Waals surface area (Å²) in [6.07, 6.45) is 4.42. The van der Waals surface area contributed by atoms with Gasteiger partial charge in [-0.15, -0.1) is 0 Å². The van der Waals surface area contributed by atoms with Gasteiger partial charge in [-0.05, 0) is 31.4 Å². The predicted molar refractivity (Wildman–Crippen MR) is 69.5 cm³/mol. The van der Waals surface area contributed by atoms with Crippen molar-refractivity contribution in [2.24, 2.45) is 5.41 Å². The van der Waals surface area contributed by atoms with E-state index in [4.69, 9.17) is 0 Å². The van der Waals surface area contributed by atoms with E-state index < -0.39 is 0 Å². The first kappa shape index (κ1) is 11.9. The van der Waals surface area contributed by atoms with Gasteiger partial charge in [-0.2, -0.15) is 0 Å². The lowest BCUT2D eigenvalue weighted by Crippen LogP contribution is -2.26. The highest BCUT2D eigenvalue weighted by Crippen LogP contribution is 2.36. The van der Waals surface area contributed by atoms with Crippen LogP contribution in [0.5, 0.6) is 0 Å². The molecule has 1 heteroatoms. The van der Waals surface area contributed by atoms with Crippen LogP contribution in [0.3, 0.4) is 0 Å². The van der Waals surface area contributed by atoms with Crippen molar-refractivity contribution in [1.29, 1.82) is 0 Å². The summed E-state index contributed by atoms with van der Waals surface area (Å²) in [4.78, 5) is 11.6. The lowest BCUT2D eigenvalue weighted by atomic mass is 9.72. The van der Waals surface area contributed by atoms with Gasteiger partial charge in [0.2, 0.25) is 0 Å². The van der Waals surface area contributed by atoms with Crippen molar-refractivity contribution in [3.05, 3.63) is 35.9 Å². The predicted octanol–water partition coefficient (Wildman–Crippen LogP) is 3.58. The van der Waals surface area contributed by atoms with E-state index in [0.717, 1.165) is 31.2 Å². The first-order valence-corrected chi connectivity index (χ1v) is 6.34. The molecule has 0 aromatic heterocycles. The van der Waals surface area contributed by atoms with E-state index in [2.05, 4.69) is 18.8 Å². The standard InChI is InChI=1S/C16H18O/c1-2-16(11-6-9-15(17)13-16)12-10-14-7-4-3-5-8-14/h3-5,7-8H,2,6,9,11,13H2,1H3/t16-/m1/s1. The number of hydrogen-bond acceptors (Lipinski definition) is 1. The van der Waals surface area contributed by atoms with E-state index in [1.807, 2.05) is 30.3 Å². The van der Waals surface area contributed by atoms with Gasteiger partial charge < -0.3 is 0 Å². The second kappa shape index (κ2) is 5.19. The maximum absolute atomic E-state index is 11.6. The summed E-state index contributed by atoms with van der Waals surface area (Å²) in [6, 6.07) is 10.0. The molecule has 0 bridgehead atoms. The van der Waals surface area contributed by atoms with Crippen LogP contribution < -0.4 is 0 Å². The van der Waals surface area contributed by atoms with Gasteiger partial charge >= 0.3 is 0 Å². The molecule has 2 rings (SSSR count). The van der Waals surface area contributed by atoms with Crippen LogP contribution in [0, 0.1) is 17.3 Å². The van der Waals surface area contributed by atoms with Crippen LogP contribution in [0.1, 0.15) is 44.6 Å². The normalized spacial score (nSPS) is 23.9. The molecule has 1 nitrogen and oxygen atoms in total. The zero-order valence-corrected chi connectivity index (χ0v) is 10.3. The van der Waals surface area contributed by atoms with Gasteiger partial charge in [0.05, 0.1) is 0 Å². The van der Waals surface area contributed by atoms with Crippen LogP contribution in [-0.4, -0.2) is 5.78 Å². The molecule has 88 valence electrons. The van der Waals surface area contributed by atoms with Crippen molar-refractivity contribution < 1.29 is 4.79 Å². The quantitative estimate of drug-likeness (QED) is 0.669. The van der Waals surface area contributed by atoms with Crippen molar-refractivity contribution in [2.75, 3.05) is 0 Å². The van der Waals surface area contributed by atoms with Crippen molar-refractivity contribution in [3.63, 3.8) is 0 Å². The maximum atomic E-state index is 11.6. The molecule has 1 aromatic carbocycles. The van der Waals surface area contributed by atoms with Crippen LogP contribution in [0.25, 0.3) is 0 Å². The first-order valence-electron chi connectivity index (χ1n) is 6.34. The molecule has 0 saturated heterocycles. The minimum absolute atomic E-state index is 0.0643. The minimum Gasteiger partial charge on any atom is -0.300 e. The molecular weight excluding hydrogens is 208 g/mol. The molecule has 1 fully saturated rings. The minimum atomic E-state index is -0.0643. The fraction of sp³-hybridized carbons (Fsp3) is 0.438. The SMILES string of the molecule is CC[C@]1(C#Cc2ccccc2)CCCC(=O)C1. The van der Waals surface area contributed by atoms with Gasteiger partial charge in [-0.3, -0.25) is 4.79 Å². The molecule has 1 saturated carbocycles. The molecular formula is C16H18O. The third-order valence-corrected chi connectivity index (χ3v) is 3.57. The fourth-order valence-corrected chi connectivity index (χ4v) is 2.40. The average Bonchev–Trinajstić information content (AvgIpc) is 2.38. The Morgan fingerprint density at radius 2 is 2.06 bits per heavy atom. The van der Waals surface area contributed by atoms with Gasteiger partial charge in [0.25, 0.3) is 0 Å². The Bertz CT molecular complexity index is 449. The highest BCUT2D eigenvalue weighted by molar-refractivity contribution is 5.80. The van der Waals surface area contributed by atoms with E-state index in [-0.39, 0.29) is 5.41 Å². The van der Waals surface area contributed by atoms with Gasteiger partial charge in [-0.1, -0.05) is 37.0 Å². The van der Waals surface area contributed by atoms with E-state index in [1.165, 1.54) is 0 Å².